The molecule has 1 fully saturated rings. The molecule has 0 spiro atoms. The van der Waals surface area contributed by atoms with Gasteiger partial charge >= 0.3 is 0 Å². The topological polar surface area (TPSA) is 21.3 Å². The number of hydrogen-bond donors (Lipinski definition) is 1. The highest BCUT2D eigenvalue weighted by Crippen LogP contribution is 2.15. The maximum absolute atomic E-state index is 5.55. The molecule has 1 N–H and O–H groups in total. The molecular weight excluding hydrogens is 162 g/mol. The highest BCUT2D eigenvalue weighted by Gasteiger charge is 2.15. The van der Waals surface area contributed by atoms with Crippen molar-refractivity contribution in [3.8, 4) is 0 Å². The molecule has 1 saturated heterocycles. The van der Waals surface area contributed by atoms with Crippen LogP contribution in [0.1, 0.15) is 40.0 Å². The molecule has 13 heavy (non-hydrogen) atoms. The van der Waals surface area contributed by atoms with Crippen LogP contribution in [0.2, 0.25) is 0 Å². The van der Waals surface area contributed by atoms with Crippen molar-refractivity contribution in [3.63, 3.8) is 0 Å². The number of hydrogen-bond acceptors (Lipinski definition) is 2. The summed E-state index contributed by atoms with van der Waals surface area (Å²) >= 11 is 0. The summed E-state index contributed by atoms with van der Waals surface area (Å²) in [7, 11) is 0. The Morgan fingerprint density at radius 2 is 2.15 bits per heavy atom. The van der Waals surface area contributed by atoms with E-state index in [0.29, 0.717) is 11.5 Å². The molecule has 0 saturated carbocycles. The monoisotopic (exact) mass is 185 g/mol. The first-order chi connectivity index (χ1) is 6.08. The van der Waals surface area contributed by atoms with Crippen molar-refractivity contribution in [2.45, 2.75) is 46.1 Å². The summed E-state index contributed by atoms with van der Waals surface area (Å²) in [6.07, 6.45) is 4.23. The number of ether oxygens (including phenoxy) is 1. The van der Waals surface area contributed by atoms with Crippen molar-refractivity contribution in [2.24, 2.45) is 5.41 Å². The molecule has 78 valence electrons. The van der Waals surface area contributed by atoms with Crippen LogP contribution in [0.4, 0.5) is 0 Å². The van der Waals surface area contributed by atoms with Gasteiger partial charge in [-0.2, -0.15) is 0 Å². The van der Waals surface area contributed by atoms with E-state index in [4.69, 9.17) is 4.74 Å². The zero-order valence-electron chi connectivity index (χ0n) is 9.23. The molecule has 0 amide bonds. The zero-order chi connectivity index (χ0) is 9.73. The second kappa shape index (κ2) is 4.97. The molecule has 1 heterocycles. The normalized spacial score (nSPS) is 23.8. The molecular formula is C11H23NO. The van der Waals surface area contributed by atoms with Gasteiger partial charge in [0.05, 0.1) is 6.10 Å². The first-order valence-corrected chi connectivity index (χ1v) is 5.40. The van der Waals surface area contributed by atoms with E-state index in [2.05, 4.69) is 26.1 Å². The minimum Gasteiger partial charge on any atom is -0.378 e. The van der Waals surface area contributed by atoms with Crippen molar-refractivity contribution in [2.75, 3.05) is 19.7 Å². The van der Waals surface area contributed by atoms with Crippen LogP contribution in [-0.2, 0) is 4.74 Å². The third kappa shape index (κ3) is 5.27. The fraction of sp³-hybridized carbons (Fsp3) is 1.00. The molecule has 1 atom stereocenters. The summed E-state index contributed by atoms with van der Waals surface area (Å²) in [4.78, 5) is 0. The Morgan fingerprint density at radius 3 is 2.69 bits per heavy atom. The van der Waals surface area contributed by atoms with Crippen molar-refractivity contribution < 1.29 is 4.74 Å². The van der Waals surface area contributed by atoms with Crippen LogP contribution in [-0.4, -0.2) is 25.8 Å². The predicted molar refractivity (Wildman–Crippen MR) is 55.9 cm³/mol. The second-order valence-corrected chi connectivity index (χ2v) is 5.16. The van der Waals surface area contributed by atoms with E-state index in [1.54, 1.807) is 0 Å². The number of nitrogens with one attached hydrogen (secondary N) is 1. The van der Waals surface area contributed by atoms with Gasteiger partial charge in [-0.1, -0.05) is 20.8 Å². The molecule has 1 aliphatic rings. The molecule has 1 unspecified atom stereocenters. The second-order valence-electron chi connectivity index (χ2n) is 5.16. The highest BCUT2D eigenvalue weighted by molar-refractivity contribution is 4.68. The molecule has 0 aromatic rings. The minimum absolute atomic E-state index is 0.399. The lowest BCUT2D eigenvalue weighted by atomic mass is 9.97. The van der Waals surface area contributed by atoms with Gasteiger partial charge in [0.1, 0.15) is 0 Å². The van der Waals surface area contributed by atoms with E-state index in [9.17, 15) is 0 Å². The molecule has 2 nitrogen and oxygen atoms in total. The van der Waals surface area contributed by atoms with Gasteiger partial charge in [-0.3, -0.25) is 0 Å². The van der Waals surface area contributed by atoms with Crippen LogP contribution in [0.3, 0.4) is 0 Å². The standard InChI is InChI=1S/C11H23NO/c1-11(2,3)9-12-7-6-10-5-4-8-13-10/h10,12H,4-9H2,1-3H3. The van der Waals surface area contributed by atoms with E-state index < -0.39 is 0 Å². The third-order valence-electron chi connectivity index (χ3n) is 2.32. The maximum atomic E-state index is 5.55. The Hall–Kier alpha value is -0.0800. The Bertz CT molecular complexity index is 134. The zero-order valence-corrected chi connectivity index (χ0v) is 9.23. The van der Waals surface area contributed by atoms with Crippen LogP contribution in [0.5, 0.6) is 0 Å². The van der Waals surface area contributed by atoms with Crippen molar-refractivity contribution in [3.05, 3.63) is 0 Å². The van der Waals surface area contributed by atoms with E-state index in [-0.39, 0.29) is 0 Å². The molecule has 1 rings (SSSR count). The lowest BCUT2D eigenvalue weighted by Gasteiger charge is -2.19. The van der Waals surface area contributed by atoms with Crippen molar-refractivity contribution in [1.82, 2.24) is 5.32 Å². The predicted octanol–water partition coefficient (Wildman–Crippen LogP) is 2.19. The average Bonchev–Trinajstić information content (AvgIpc) is 2.48. The van der Waals surface area contributed by atoms with Crippen LogP contribution in [0.25, 0.3) is 0 Å². The highest BCUT2D eigenvalue weighted by atomic mass is 16.5. The molecule has 0 aromatic heterocycles. The van der Waals surface area contributed by atoms with Crippen LogP contribution in [0, 0.1) is 5.41 Å². The van der Waals surface area contributed by atoms with Gasteiger partial charge in [0.2, 0.25) is 0 Å². The SMILES string of the molecule is CC(C)(C)CNCCC1CCCO1. The lowest BCUT2D eigenvalue weighted by molar-refractivity contribution is 0.103. The minimum atomic E-state index is 0.399. The first-order valence-electron chi connectivity index (χ1n) is 5.40. The summed E-state index contributed by atoms with van der Waals surface area (Å²) < 4.78 is 5.55. The van der Waals surface area contributed by atoms with Gasteiger partial charge in [-0.25, -0.2) is 0 Å². The summed E-state index contributed by atoms with van der Waals surface area (Å²) in [6.45, 7) is 9.94. The Balaban J connectivity index is 1.94. The summed E-state index contributed by atoms with van der Waals surface area (Å²) in [6, 6.07) is 0. The van der Waals surface area contributed by atoms with E-state index >= 15 is 0 Å². The third-order valence-corrected chi connectivity index (χ3v) is 2.32. The largest absolute Gasteiger partial charge is 0.378 e. The summed E-state index contributed by atoms with van der Waals surface area (Å²) in [5.41, 5.74) is 0.399. The molecule has 0 aliphatic carbocycles. The van der Waals surface area contributed by atoms with E-state index in [1.807, 2.05) is 0 Å². The Morgan fingerprint density at radius 1 is 1.38 bits per heavy atom. The van der Waals surface area contributed by atoms with Crippen LogP contribution >= 0.6 is 0 Å². The van der Waals surface area contributed by atoms with Gasteiger partial charge in [0, 0.05) is 6.61 Å². The molecule has 1 aliphatic heterocycles. The summed E-state index contributed by atoms with van der Waals surface area (Å²) in [5.74, 6) is 0. The Labute approximate surface area is 82.0 Å². The van der Waals surface area contributed by atoms with Crippen LogP contribution < -0.4 is 5.32 Å². The van der Waals surface area contributed by atoms with Gasteiger partial charge in [0.25, 0.3) is 0 Å². The van der Waals surface area contributed by atoms with Gasteiger partial charge in [-0.15, -0.1) is 0 Å². The molecule has 0 aromatic carbocycles. The smallest absolute Gasteiger partial charge is 0.0588 e. The van der Waals surface area contributed by atoms with E-state index in [1.165, 1.54) is 19.3 Å². The Kier molecular flexibility index (Phi) is 4.20. The molecule has 2 heteroatoms. The lowest BCUT2D eigenvalue weighted by Crippen LogP contribution is -2.29. The van der Waals surface area contributed by atoms with Crippen LogP contribution in [0.15, 0.2) is 0 Å². The van der Waals surface area contributed by atoms with E-state index in [0.717, 1.165) is 19.7 Å². The first kappa shape index (κ1) is 11.0. The fourth-order valence-corrected chi connectivity index (χ4v) is 1.60. The fourth-order valence-electron chi connectivity index (χ4n) is 1.60. The van der Waals surface area contributed by atoms with Crippen molar-refractivity contribution >= 4 is 0 Å². The molecule has 0 radical (unpaired) electrons. The average molecular weight is 185 g/mol. The molecule has 0 bridgehead atoms. The van der Waals surface area contributed by atoms with Gasteiger partial charge in [0.15, 0.2) is 0 Å². The number of rotatable bonds is 4. The van der Waals surface area contributed by atoms with Gasteiger partial charge < -0.3 is 10.1 Å². The summed E-state index contributed by atoms with van der Waals surface area (Å²) in [5, 5.41) is 3.47. The maximum Gasteiger partial charge on any atom is 0.0588 e. The van der Waals surface area contributed by atoms with Crippen molar-refractivity contribution in [1.29, 1.82) is 0 Å². The van der Waals surface area contributed by atoms with Gasteiger partial charge in [-0.05, 0) is 37.8 Å². The quantitative estimate of drug-likeness (QED) is 0.678.